The minimum Gasteiger partial charge on any atom is -0.254 e. The van der Waals surface area contributed by atoms with E-state index in [0.717, 1.165) is 24.3 Å². The molecule has 1 heterocycles. The molecule has 0 aliphatic rings. The second-order valence-corrected chi connectivity index (χ2v) is 6.14. The van der Waals surface area contributed by atoms with Crippen LogP contribution in [-0.4, -0.2) is 4.98 Å². The summed E-state index contributed by atoms with van der Waals surface area (Å²) in [5, 5.41) is 0.151. The molecule has 0 aliphatic heterocycles. The largest absolute Gasteiger partial charge is 0.416 e. The summed E-state index contributed by atoms with van der Waals surface area (Å²) in [7, 11) is 0. The Hall–Kier alpha value is -2.54. The van der Waals surface area contributed by atoms with Crippen molar-refractivity contribution in [2.45, 2.75) is 12.4 Å². The Morgan fingerprint density at radius 3 is 1.78 bits per heavy atom. The molecular weight excluding hydrogens is 392 g/mol. The molecule has 0 bridgehead atoms. The standard InChI is InChI=1S/C19H10ClF6N/c20-15-9-16(11-3-1-5-13(7-11)18(21,22)23)17(27-10-15)12-4-2-6-14(8-12)19(24,25)26/h1-10H. The average Bonchev–Trinajstić information content (AvgIpc) is 2.60. The van der Waals surface area contributed by atoms with Crippen LogP contribution in [0, 0.1) is 0 Å². The van der Waals surface area contributed by atoms with Gasteiger partial charge >= 0.3 is 12.4 Å². The van der Waals surface area contributed by atoms with E-state index in [1.54, 1.807) is 0 Å². The first-order valence-electron chi connectivity index (χ1n) is 7.56. The summed E-state index contributed by atoms with van der Waals surface area (Å²) in [6.07, 6.45) is -7.88. The Morgan fingerprint density at radius 2 is 1.22 bits per heavy atom. The van der Waals surface area contributed by atoms with Crippen molar-refractivity contribution >= 4 is 11.6 Å². The quantitative estimate of drug-likeness (QED) is 0.417. The molecule has 0 radical (unpaired) electrons. The number of hydrogen-bond acceptors (Lipinski definition) is 1. The van der Waals surface area contributed by atoms with Gasteiger partial charge in [0.15, 0.2) is 0 Å². The molecule has 0 saturated carbocycles. The highest BCUT2D eigenvalue weighted by Crippen LogP contribution is 2.38. The van der Waals surface area contributed by atoms with Gasteiger partial charge in [0.05, 0.1) is 21.8 Å². The van der Waals surface area contributed by atoms with Gasteiger partial charge in [0.25, 0.3) is 0 Å². The zero-order valence-corrected chi connectivity index (χ0v) is 14.1. The van der Waals surface area contributed by atoms with Gasteiger partial charge in [-0.1, -0.05) is 35.9 Å². The Balaban J connectivity index is 2.19. The van der Waals surface area contributed by atoms with Crippen molar-refractivity contribution in [2.24, 2.45) is 0 Å². The van der Waals surface area contributed by atoms with Crippen molar-refractivity contribution in [1.29, 1.82) is 0 Å². The summed E-state index contributed by atoms with van der Waals surface area (Å²) in [5.74, 6) is 0. The third kappa shape index (κ3) is 4.24. The molecule has 0 unspecified atom stereocenters. The monoisotopic (exact) mass is 401 g/mol. The van der Waals surface area contributed by atoms with Gasteiger partial charge in [0.1, 0.15) is 0 Å². The molecule has 8 heteroatoms. The number of aromatic nitrogens is 1. The third-order valence-electron chi connectivity index (χ3n) is 3.82. The lowest BCUT2D eigenvalue weighted by Crippen LogP contribution is -2.05. The highest BCUT2D eigenvalue weighted by atomic mass is 35.5. The highest BCUT2D eigenvalue weighted by Gasteiger charge is 2.32. The number of benzene rings is 2. The molecule has 0 aliphatic carbocycles. The van der Waals surface area contributed by atoms with Gasteiger partial charge in [-0.15, -0.1) is 0 Å². The summed E-state index contributed by atoms with van der Waals surface area (Å²) in [6.45, 7) is 0. The molecule has 3 rings (SSSR count). The SMILES string of the molecule is FC(F)(F)c1cccc(-c2cc(Cl)cnc2-c2cccc(C(F)(F)F)c2)c1. The van der Waals surface area contributed by atoms with E-state index in [4.69, 9.17) is 11.6 Å². The first-order valence-corrected chi connectivity index (χ1v) is 7.94. The molecule has 1 aromatic heterocycles. The Labute approximate surface area is 155 Å². The zero-order valence-electron chi connectivity index (χ0n) is 13.4. The number of nitrogens with zero attached hydrogens (tertiary/aromatic N) is 1. The predicted octanol–water partition coefficient (Wildman–Crippen LogP) is 7.11. The molecule has 0 fully saturated rings. The third-order valence-corrected chi connectivity index (χ3v) is 4.03. The fourth-order valence-corrected chi connectivity index (χ4v) is 2.75. The van der Waals surface area contributed by atoms with Crippen LogP contribution in [0.2, 0.25) is 5.02 Å². The molecule has 1 nitrogen and oxygen atoms in total. The van der Waals surface area contributed by atoms with E-state index in [1.165, 1.54) is 36.5 Å². The van der Waals surface area contributed by atoms with E-state index >= 15 is 0 Å². The number of halogens is 7. The van der Waals surface area contributed by atoms with Gasteiger partial charge in [0.2, 0.25) is 0 Å². The fourth-order valence-electron chi connectivity index (χ4n) is 2.60. The Morgan fingerprint density at radius 1 is 0.704 bits per heavy atom. The van der Waals surface area contributed by atoms with Crippen LogP contribution in [0.25, 0.3) is 22.4 Å². The van der Waals surface area contributed by atoms with Crippen LogP contribution in [0.4, 0.5) is 26.3 Å². The summed E-state index contributed by atoms with van der Waals surface area (Å²) in [6, 6.07) is 10.2. The fraction of sp³-hybridized carbons (Fsp3) is 0.105. The maximum absolute atomic E-state index is 13.0. The molecule has 0 N–H and O–H groups in total. The van der Waals surface area contributed by atoms with Gasteiger partial charge < -0.3 is 0 Å². The minimum absolute atomic E-state index is 0.102. The molecule has 27 heavy (non-hydrogen) atoms. The van der Waals surface area contributed by atoms with Crippen molar-refractivity contribution in [3.8, 4) is 22.4 Å². The van der Waals surface area contributed by atoms with Gasteiger partial charge in [0, 0.05) is 17.3 Å². The molecule has 0 spiro atoms. The number of rotatable bonds is 2. The zero-order chi connectivity index (χ0) is 19.8. The molecule has 0 amide bonds. The predicted molar refractivity (Wildman–Crippen MR) is 90.1 cm³/mol. The molecule has 140 valence electrons. The summed E-state index contributed by atoms with van der Waals surface area (Å²) >= 11 is 5.92. The maximum atomic E-state index is 13.0. The van der Waals surface area contributed by atoms with Crippen molar-refractivity contribution in [3.05, 3.63) is 76.9 Å². The van der Waals surface area contributed by atoms with Crippen LogP contribution in [0.15, 0.2) is 60.8 Å². The molecule has 2 aromatic carbocycles. The van der Waals surface area contributed by atoms with E-state index in [9.17, 15) is 26.3 Å². The lowest BCUT2D eigenvalue weighted by atomic mass is 9.97. The van der Waals surface area contributed by atoms with Crippen LogP contribution in [-0.2, 0) is 12.4 Å². The molecule has 0 saturated heterocycles. The normalized spacial score (nSPS) is 12.3. The van der Waals surface area contributed by atoms with Crippen molar-refractivity contribution in [1.82, 2.24) is 4.98 Å². The maximum Gasteiger partial charge on any atom is 0.416 e. The van der Waals surface area contributed by atoms with E-state index < -0.39 is 23.5 Å². The van der Waals surface area contributed by atoms with Crippen LogP contribution >= 0.6 is 11.6 Å². The van der Waals surface area contributed by atoms with Crippen LogP contribution in [0.1, 0.15) is 11.1 Å². The topological polar surface area (TPSA) is 12.9 Å². The van der Waals surface area contributed by atoms with Crippen molar-refractivity contribution in [3.63, 3.8) is 0 Å². The molecule has 3 aromatic rings. The van der Waals surface area contributed by atoms with Crippen molar-refractivity contribution < 1.29 is 26.3 Å². The van der Waals surface area contributed by atoms with Crippen LogP contribution < -0.4 is 0 Å². The highest BCUT2D eigenvalue weighted by molar-refractivity contribution is 6.30. The Kier molecular flexibility index (Phi) is 4.90. The van der Waals surface area contributed by atoms with E-state index in [0.29, 0.717) is 0 Å². The van der Waals surface area contributed by atoms with Gasteiger partial charge in [-0.05, 0) is 35.9 Å². The summed E-state index contributed by atoms with van der Waals surface area (Å²) < 4.78 is 78.0. The molecular formula is C19H10ClF6N. The van der Waals surface area contributed by atoms with E-state index in [1.807, 2.05) is 0 Å². The molecule has 0 atom stereocenters. The Bertz CT molecular complexity index is 978. The van der Waals surface area contributed by atoms with Gasteiger partial charge in [-0.2, -0.15) is 26.3 Å². The number of pyridine rings is 1. The van der Waals surface area contributed by atoms with Crippen LogP contribution in [0.3, 0.4) is 0 Å². The second-order valence-electron chi connectivity index (χ2n) is 5.71. The second kappa shape index (κ2) is 6.88. The number of alkyl halides is 6. The van der Waals surface area contributed by atoms with Gasteiger partial charge in [-0.25, -0.2) is 0 Å². The lowest BCUT2D eigenvalue weighted by molar-refractivity contribution is -0.138. The first kappa shape index (κ1) is 19.2. The average molecular weight is 402 g/mol. The van der Waals surface area contributed by atoms with E-state index in [-0.39, 0.29) is 27.4 Å². The van der Waals surface area contributed by atoms with Crippen LogP contribution in [0.5, 0.6) is 0 Å². The van der Waals surface area contributed by atoms with E-state index in [2.05, 4.69) is 4.98 Å². The smallest absolute Gasteiger partial charge is 0.254 e. The van der Waals surface area contributed by atoms with Gasteiger partial charge in [-0.3, -0.25) is 4.98 Å². The first-order chi connectivity index (χ1) is 12.6. The summed E-state index contributed by atoms with van der Waals surface area (Å²) in [5.41, 5.74) is -1.19. The number of hydrogen-bond donors (Lipinski definition) is 0. The summed E-state index contributed by atoms with van der Waals surface area (Å²) in [4.78, 5) is 4.06. The minimum atomic E-state index is -4.56. The lowest BCUT2D eigenvalue weighted by Gasteiger charge is -2.14. The van der Waals surface area contributed by atoms with Crippen molar-refractivity contribution in [2.75, 3.05) is 0 Å².